The molecule has 1 aromatic rings. The minimum absolute atomic E-state index is 0.305. The number of carbonyl (C=O) groups excluding carboxylic acids is 1. The second kappa shape index (κ2) is 7.97. The molecule has 1 heterocycles. The first-order chi connectivity index (χ1) is 10.2. The molecule has 0 saturated carbocycles. The van der Waals surface area contributed by atoms with Crippen molar-refractivity contribution in [2.75, 3.05) is 33.4 Å². The van der Waals surface area contributed by atoms with E-state index in [9.17, 15) is 4.79 Å². The van der Waals surface area contributed by atoms with Crippen LogP contribution in [0.15, 0.2) is 24.3 Å². The van der Waals surface area contributed by atoms with Crippen LogP contribution in [0, 0.1) is 0 Å². The predicted octanol–water partition coefficient (Wildman–Crippen LogP) is 0.780. The first kappa shape index (κ1) is 15.8. The molecule has 6 heteroatoms. The summed E-state index contributed by atoms with van der Waals surface area (Å²) < 4.78 is 11.1. The Kier molecular flexibility index (Phi) is 5.98. The second-order valence-corrected chi connectivity index (χ2v) is 5.17. The molecule has 116 valence electrons. The third-order valence-corrected chi connectivity index (χ3v) is 3.77. The molecular formula is C15H23N3O3. The molecule has 2 rings (SSSR count). The zero-order valence-corrected chi connectivity index (χ0v) is 12.4. The van der Waals surface area contributed by atoms with E-state index in [1.165, 1.54) is 0 Å². The molecule has 3 N–H and O–H groups in total. The van der Waals surface area contributed by atoms with E-state index in [1.54, 1.807) is 24.3 Å². The van der Waals surface area contributed by atoms with Crippen molar-refractivity contribution in [3.63, 3.8) is 0 Å². The third-order valence-electron chi connectivity index (χ3n) is 3.77. The van der Waals surface area contributed by atoms with Crippen molar-refractivity contribution < 1.29 is 14.3 Å². The largest absolute Gasteiger partial charge is 0.492 e. The van der Waals surface area contributed by atoms with E-state index in [-0.39, 0.29) is 5.91 Å². The lowest BCUT2D eigenvalue weighted by molar-refractivity contribution is 0.0392. The molecule has 1 aliphatic rings. The van der Waals surface area contributed by atoms with Crippen LogP contribution >= 0.6 is 0 Å². The molecule has 1 amide bonds. The summed E-state index contributed by atoms with van der Waals surface area (Å²) in [4.78, 5) is 13.6. The van der Waals surface area contributed by atoms with E-state index < -0.39 is 0 Å². The molecule has 1 fully saturated rings. The van der Waals surface area contributed by atoms with Crippen molar-refractivity contribution in [2.24, 2.45) is 5.84 Å². The number of hydrogen-bond acceptors (Lipinski definition) is 5. The molecule has 1 saturated heterocycles. The Morgan fingerprint density at radius 2 is 2.05 bits per heavy atom. The molecule has 0 bridgehead atoms. The summed E-state index contributed by atoms with van der Waals surface area (Å²) in [7, 11) is 2.12. The minimum Gasteiger partial charge on any atom is -0.492 e. The third kappa shape index (κ3) is 4.70. The van der Waals surface area contributed by atoms with Gasteiger partial charge >= 0.3 is 0 Å². The molecule has 0 aliphatic carbocycles. The van der Waals surface area contributed by atoms with Crippen molar-refractivity contribution >= 4 is 5.91 Å². The summed E-state index contributed by atoms with van der Waals surface area (Å²) >= 11 is 0. The fourth-order valence-corrected chi connectivity index (χ4v) is 2.40. The van der Waals surface area contributed by atoms with Gasteiger partial charge in [-0.15, -0.1) is 0 Å². The SMILES string of the molecule is CN(CCOc1ccc(C(=O)NN)cc1)C1CCOCC1. The van der Waals surface area contributed by atoms with Gasteiger partial charge in [0.05, 0.1) is 0 Å². The van der Waals surface area contributed by atoms with Crippen molar-refractivity contribution in [3.8, 4) is 5.75 Å². The Labute approximate surface area is 125 Å². The van der Waals surface area contributed by atoms with Gasteiger partial charge < -0.3 is 9.47 Å². The number of hydrazine groups is 1. The van der Waals surface area contributed by atoms with E-state index in [4.69, 9.17) is 15.3 Å². The highest BCUT2D eigenvalue weighted by Gasteiger charge is 2.17. The van der Waals surface area contributed by atoms with Crippen molar-refractivity contribution in [1.29, 1.82) is 0 Å². The van der Waals surface area contributed by atoms with E-state index in [2.05, 4.69) is 17.4 Å². The van der Waals surface area contributed by atoms with Gasteiger partial charge in [-0.2, -0.15) is 0 Å². The lowest BCUT2D eigenvalue weighted by Crippen LogP contribution is -2.38. The summed E-state index contributed by atoms with van der Waals surface area (Å²) in [5.74, 6) is 5.53. The monoisotopic (exact) mass is 293 g/mol. The number of amides is 1. The van der Waals surface area contributed by atoms with Crippen LogP contribution in [0.2, 0.25) is 0 Å². The van der Waals surface area contributed by atoms with E-state index in [0.29, 0.717) is 18.2 Å². The number of nitrogens with zero attached hydrogens (tertiary/aromatic N) is 1. The standard InChI is InChI=1S/C15H23N3O3/c1-18(13-6-9-20-10-7-13)8-11-21-14-4-2-12(3-5-14)15(19)17-16/h2-5,13H,6-11,16H2,1H3,(H,17,19). The average molecular weight is 293 g/mol. The van der Waals surface area contributed by atoms with E-state index in [1.807, 2.05) is 0 Å². The number of nitrogen functional groups attached to an aromatic ring is 1. The Balaban J connectivity index is 1.73. The normalized spacial score (nSPS) is 16.0. The Bertz CT molecular complexity index is 444. The van der Waals surface area contributed by atoms with Gasteiger partial charge in [-0.25, -0.2) is 5.84 Å². The van der Waals surface area contributed by atoms with E-state index >= 15 is 0 Å². The zero-order chi connectivity index (χ0) is 15.1. The van der Waals surface area contributed by atoms with Crippen LogP contribution in [0.25, 0.3) is 0 Å². The van der Waals surface area contributed by atoms with Crippen LogP contribution in [-0.4, -0.2) is 50.3 Å². The maximum atomic E-state index is 11.3. The summed E-state index contributed by atoms with van der Waals surface area (Å²) in [6.45, 7) is 3.19. The number of rotatable bonds is 6. The zero-order valence-electron chi connectivity index (χ0n) is 12.4. The molecule has 0 spiro atoms. The van der Waals surface area contributed by atoms with Crippen LogP contribution in [0.1, 0.15) is 23.2 Å². The van der Waals surface area contributed by atoms with Crippen LogP contribution < -0.4 is 16.0 Å². The number of ether oxygens (including phenoxy) is 2. The van der Waals surface area contributed by atoms with E-state index in [0.717, 1.165) is 38.3 Å². The molecule has 1 aromatic carbocycles. The van der Waals surface area contributed by atoms with Gasteiger partial charge in [-0.05, 0) is 44.2 Å². The number of hydrogen-bond donors (Lipinski definition) is 2. The maximum absolute atomic E-state index is 11.3. The first-order valence-corrected chi connectivity index (χ1v) is 7.22. The minimum atomic E-state index is -0.305. The predicted molar refractivity (Wildman–Crippen MR) is 80.1 cm³/mol. The fourth-order valence-electron chi connectivity index (χ4n) is 2.40. The second-order valence-electron chi connectivity index (χ2n) is 5.17. The summed E-state index contributed by atoms with van der Waals surface area (Å²) in [5.41, 5.74) is 2.62. The highest BCUT2D eigenvalue weighted by molar-refractivity contribution is 5.93. The number of nitrogens with two attached hydrogens (primary N) is 1. The van der Waals surface area contributed by atoms with Crippen molar-refractivity contribution in [1.82, 2.24) is 10.3 Å². The Morgan fingerprint density at radius 3 is 2.67 bits per heavy atom. The molecule has 21 heavy (non-hydrogen) atoms. The maximum Gasteiger partial charge on any atom is 0.265 e. The highest BCUT2D eigenvalue weighted by atomic mass is 16.5. The molecular weight excluding hydrogens is 270 g/mol. The fraction of sp³-hybridized carbons (Fsp3) is 0.533. The molecule has 1 aliphatic heterocycles. The van der Waals surface area contributed by atoms with Crippen molar-refractivity contribution in [3.05, 3.63) is 29.8 Å². The van der Waals surface area contributed by atoms with Gasteiger partial charge in [0.1, 0.15) is 12.4 Å². The van der Waals surface area contributed by atoms with Gasteiger partial charge in [0.25, 0.3) is 5.91 Å². The lowest BCUT2D eigenvalue weighted by atomic mass is 10.1. The van der Waals surface area contributed by atoms with Gasteiger partial charge in [0.2, 0.25) is 0 Å². The van der Waals surface area contributed by atoms with Crippen LogP contribution in [0.3, 0.4) is 0 Å². The number of likely N-dealkylation sites (N-methyl/N-ethyl adjacent to an activating group) is 1. The quantitative estimate of drug-likeness (QED) is 0.460. The number of benzene rings is 1. The summed E-state index contributed by atoms with van der Waals surface area (Å²) in [6.07, 6.45) is 2.17. The Hall–Kier alpha value is -1.63. The first-order valence-electron chi connectivity index (χ1n) is 7.22. The average Bonchev–Trinajstić information content (AvgIpc) is 2.55. The number of carbonyl (C=O) groups is 1. The molecule has 0 unspecified atom stereocenters. The summed E-state index contributed by atoms with van der Waals surface area (Å²) in [6, 6.07) is 7.52. The topological polar surface area (TPSA) is 76.8 Å². The van der Waals surface area contributed by atoms with Gasteiger partial charge in [0.15, 0.2) is 0 Å². The molecule has 0 atom stereocenters. The van der Waals surface area contributed by atoms with Crippen molar-refractivity contribution in [2.45, 2.75) is 18.9 Å². The summed E-state index contributed by atoms with van der Waals surface area (Å²) in [5, 5.41) is 0. The van der Waals surface area contributed by atoms with Crippen LogP contribution in [0.5, 0.6) is 5.75 Å². The van der Waals surface area contributed by atoms with Crippen LogP contribution in [0.4, 0.5) is 0 Å². The number of nitrogens with one attached hydrogen (secondary N) is 1. The van der Waals surface area contributed by atoms with Crippen LogP contribution in [-0.2, 0) is 4.74 Å². The highest BCUT2D eigenvalue weighted by Crippen LogP contribution is 2.14. The van der Waals surface area contributed by atoms with Gasteiger partial charge in [-0.3, -0.25) is 15.1 Å². The van der Waals surface area contributed by atoms with Gasteiger partial charge in [-0.1, -0.05) is 0 Å². The smallest absolute Gasteiger partial charge is 0.265 e. The molecule has 0 radical (unpaired) electrons. The molecule has 6 nitrogen and oxygen atoms in total. The molecule has 0 aromatic heterocycles. The van der Waals surface area contributed by atoms with Gasteiger partial charge in [0, 0.05) is 31.4 Å². The lowest BCUT2D eigenvalue weighted by Gasteiger charge is -2.31. The Morgan fingerprint density at radius 1 is 1.38 bits per heavy atom.